The van der Waals surface area contributed by atoms with Crippen molar-refractivity contribution in [1.82, 2.24) is 9.47 Å². The Morgan fingerprint density at radius 2 is 1.89 bits per heavy atom. The van der Waals surface area contributed by atoms with Gasteiger partial charge in [0.2, 0.25) is 0 Å². The van der Waals surface area contributed by atoms with Gasteiger partial charge in [-0.3, -0.25) is 19.1 Å². The Hall–Kier alpha value is -3.45. The molecule has 10 heteroatoms. The van der Waals surface area contributed by atoms with Gasteiger partial charge in [0.15, 0.2) is 0 Å². The Kier molecular flexibility index (Phi) is 8.67. The highest BCUT2D eigenvalue weighted by Crippen LogP contribution is 2.36. The average molecular weight is 567 g/mol. The van der Waals surface area contributed by atoms with Crippen molar-refractivity contribution in [1.29, 1.82) is 5.26 Å². The van der Waals surface area contributed by atoms with E-state index in [1.165, 1.54) is 21.6 Å². The van der Waals surface area contributed by atoms with Crippen LogP contribution in [0.5, 0.6) is 0 Å². The van der Waals surface area contributed by atoms with Gasteiger partial charge in [0.1, 0.15) is 27.6 Å². The quantitative estimate of drug-likeness (QED) is 0.257. The van der Waals surface area contributed by atoms with Crippen LogP contribution < -0.4 is 10.9 Å². The first-order valence-corrected chi connectivity index (χ1v) is 13.5. The molecule has 1 aliphatic heterocycles. The number of halogens is 2. The molecule has 4 rings (SSSR count). The van der Waals surface area contributed by atoms with Gasteiger partial charge < -0.3 is 5.32 Å². The molecule has 1 saturated heterocycles. The molecule has 1 N–H and O–H groups in total. The van der Waals surface area contributed by atoms with E-state index in [1.807, 2.05) is 31.2 Å². The number of nitrogens with one attached hydrogen (secondary N) is 1. The van der Waals surface area contributed by atoms with Crippen molar-refractivity contribution >= 4 is 57.7 Å². The van der Waals surface area contributed by atoms with Crippen LogP contribution in [0.4, 0.5) is 10.2 Å². The minimum atomic E-state index is -0.406. The summed E-state index contributed by atoms with van der Waals surface area (Å²) in [7, 11) is 0. The first-order chi connectivity index (χ1) is 18.2. The number of amides is 1. The second kappa shape index (κ2) is 11.9. The molecule has 1 aromatic heterocycles. The molecule has 0 bridgehead atoms. The molecule has 6 nitrogen and oxygen atoms in total. The highest BCUT2D eigenvalue weighted by atomic mass is 35.5. The number of aromatic nitrogens is 1. The van der Waals surface area contributed by atoms with Crippen LogP contribution in [0, 0.1) is 24.1 Å². The topological polar surface area (TPSA) is 78.1 Å². The van der Waals surface area contributed by atoms with Gasteiger partial charge in [0.05, 0.1) is 11.4 Å². The molecule has 0 spiro atoms. The van der Waals surface area contributed by atoms with Gasteiger partial charge in [-0.25, -0.2) is 4.39 Å². The van der Waals surface area contributed by atoms with Crippen LogP contribution in [0.25, 0.3) is 6.08 Å². The maximum atomic E-state index is 13.4. The fourth-order valence-electron chi connectivity index (χ4n) is 4.14. The second-order valence-electron chi connectivity index (χ2n) is 8.67. The summed E-state index contributed by atoms with van der Waals surface area (Å²) in [6.07, 6.45) is 2.33. The highest BCUT2D eigenvalue weighted by molar-refractivity contribution is 8.26. The van der Waals surface area contributed by atoms with E-state index >= 15 is 0 Å². The zero-order valence-corrected chi connectivity index (χ0v) is 23.1. The van der Waals surface area contributed by atoms with Crippen molar-refractivity contribution in [2.24, 2.45) is 0 Å². The predicted octanol–water partition coefficient (Wildman–Crippen LogP) is 6.24. The van der Waals surface area contributed by atoms with E-state index in [0.29, 0.717) is 50.7 Å². The molecule has 194 valence electrons. The number of benzene rings is 2. The molecule has 0 aliphatic carbocycles. The fourth-order valence-corrected chi connectivity index (χ4v) is 5.58. The van der Waals surface area contributed by atoms with Crippen molar-refractivity contribution in [2.75, 3.05) is 5.32 Å². The summed E-state index contributed by atoms with van der Waals surface area (Å²) in [6, 6.07) is 15.3. The number of anilines is 1. The second-order valence-corrected chi connectivity index (χ2v) is 10.8. The van der Waals surface area contributed by atoms with Crippen LogP contribution in [0.15, 0.2) is 58.2 Å². The molecular weight excluding hydrogens is 543 g/mol. The number of carbonyl (C=O) groups excluding carboxylic acids is 1. The number of nitrogens with zero attached hydrogens (tertiary/aromatic N) is 3. The molecule has 3 aromatic rings. The maximum absolute atomic E-state index is 13.4. The standard InChI is InChI=1S/C28H24ClFN4O2S2/c1-3-12-33-25(32-15-18-8-10-20(30)11-9-18)21(17(2)22(14-31)26(33)35)13-24-27(36)34(28(37)38-24)16-19-6-4-5-7-23(19)29/h4-11,13,32H,3,12,15-16H2,1-2H3/b24-13+. The summed E-state index contributed by atoms with van der Waals surface area (Å²) < 4.78 is 15.3. The zero-order chi connectivity index (χ0) is 27.4. The molecule has 0 saturated carbocycles. The van der Waals surface area contributed by atoms with Crippen LogP contribution in [0.1, 0.15) is 41.2 Å². The third kappa shape index (κ3) is 5.68. The minimum absolute atomic E-state index is 0.0172. The molecule has 0 atom stereocenters. The molecule has 0 unspecified atom stereocenters. The number of pyridine rings is 1. The van der Waals surface area contributed by atoms with E-state index in [2.05, 4.69) is 5.32 Å². The number of thiocarbonyl (C=S) groups is 1. The number of carbonyl (C=O) groups is 1. The SMILES string of the molecule is CCCn1c(NCc2ccc(F)cc2)c(/C=C2/SC(=S)N(Cc3ccccc3Cl)C2=O)c(C)c(C#N)c1=O. The van der Waals surface area contributed by atoms with E-state index in [4.69, 9.17) is 23.8 Å². The third-order valence-corrected chi connectivity index (χ3v) is 7.88. The van der Waals surface area contributed by atoms with Crippen LogP contribution in [0.3, 0.4) is 0 Å². The number of nitriles is 1. The van der Waals surface area contributed by atoms with E-state index < -0.39 is 5.56 Å². The van der Waals surface area contributed by atoms with E-state index in [9.17, 15) is 19.2 Å². The van der Waals surface area contributed by atoms with E-state index in [-0.39, 0.29) is 23.8 Å². The predicted molar refractivity (Wildman–Crippen MR) is 154 cm³/mol. The van der Waals surface area contributed by atoms with Crippen LogP contribution in [0.2, 0.25) is 5.02 Å². The normalized spacial score (nSPS) is 14.3. The zero-order valence-electron chi connectivity index (χ0n) is 20.8. The number of thioether (sulfide) groups is 1. The molecule has 2 heterocycles. The Bertz CT molecular complexity index is 1540. The summed E-state index contributed by atoms with van der Waals surface area (Å²) in [5, 5.41) is 13.6. The monoisotopic (exact) mass is 566 g/mol. The molecule has 1 fully saturated rings. The molecule has 0 radical (unpaired) electrons. The van der Waals surface area contributed by atoms with Crippen LogP contribution in [-0.4, -0.2) is 19.7 Å². The fraction of sp³-hybridized carbons (Fsp3) is 0.214. The van der Waals surface area contributed by atoms with Crippen molar-refractivity contribution in [3.8, 4) is 6.07 Å². The van der Waals surface area contributed by atoms with Gasteiger partial charge >= 0.3 is 0 Å². The molecule has 2 aromatic carbocycles. The lowest BCUT2D eigenvalue weighted by Crippen LogP contribution is -2.28. The summed E-state index contributed by atoms with van der Waals surface area (Å²) in [6.45, 7) is 4.53. The Balaban J connectivity index is 1.77. The van der Waals surface area contributed by atoms with Gasteiger partial charge in [-0.1, -0.05) is 72.8 Å². The van der Waals surface area contributed by atoms with Crippen LogP contribution >= 0.6 is 35.6 Å². The third-order valence-electron chi connectivity index (χ3n) is 6.13. The largest absolute Gasteiger partial charge is 0.367 e. The minimum Gasteiger partial charge on any atom is -0.367 e. The Morgan fingerprint density at radius 3 is 2.55 bits per heavy atom. The van der Waals surface area contributed by atoms with Gasteiger partial charge in [0.25, 0.3) is 11.5 Å². The van der Waals surface area contributed by atoms with Crippen molar-refractivity contribution < 1.29 is 9.18 Å². The summed E-state index contributed by atoms with van der Waals surface area (Å²) >= 11 is 13.0. The highest BCUT2D eigenvalue weighted by Gasteiger charge is 2.33. The molecule has 1 aliphatic rings. The number of hydrogen-bond donors (Lipinski definition) is 1. The smallest absolute Gasteiger partial charge is 0.270 e. The maximum Gasteiger partial charge on any atom is 0.270 e. The van der Waals surface area contributed by atoms with Gasteiger partial charge in [-0.15, -0.1) is 0 Å². The van der Waals surface area contributed by atoms with Gasteiger partial charge in [0, 0.05) is 23.7 Å². The van der Waals surface area contributed by atoms with Crippen LogP contribution in [-0.2, 0) is 24.4 Å². The van der Waals surface area contributed by atoms with Crippen molar-refractivity contribution in [2.45, 2.75) is 39.9 Å². The first-order valence-electron chi connectivity index (χ1n) is 11.9. The van der Waals surface area contributed by atoms with Gasteiger partial charge in [-0.2, -0.15) is 5.26 Å². The summed E-state index contributed by atoms with van der Waals surface area (Å²) in [4.78, 5) is 28.5. The lowest BCUT2D eigenvalue weighted by molar-refractivity contribution is -0.122. The van der Waals surface area contributed by atoms with Crippen molar-refractivity contribution in [3.63, 3.8) is 0 Å². The Labute approximate surface area is 234 Å². The van der Waals surface area contributed by atoms with Gasteiger partial charge in [-0.05, 0) is 54.3 Å². The lowest BCUT2D eigenvalue weighted by atomic mass is 10.0. The molecule has 38 heavy (non-hydrogen) atoms. The molecule has 1 amide bonds. The Morgan fingerprint density at radius 1 is 1.18 bits per heavy atom. The summed E-state index contributed by atoms with van der Waals surface area (Å²) in [5.74, 6) is -0.144. The summed E-state index contributed by atoms with van der Waals surface area (Å²) in [5.41, 5.74) is 2.20. The van der Waals surface area contributed by atoms with Crippen molar-refractivity contribution in [3.05, 3.63) is 102 Å². The number of hydrogen-bond acceptors (Lipinski definition) is 6. The number of rotatable bonds is 8. The first kappa shape index (κ1) is 27.6. The molecular formula is C28H24ClFN4O2S2. The lowest BCUT2D eigenvalue weighted by Gasteiger charge is -2.20. The average Bonchev–Trinajstić information content (AvgIpc) is 3.16. The van der Waals surface area contributed by atoms with E-state index in [1.54, 1.807) is 31.2 Å². The van der Waals surface area contributed by atoms with E-state index in [0.717, 1.165) is 22.9 Å².